The third kappa shape index (κ3) is 1.80. The third-order valence-corrected chi connectivity index (χ3v) is 2.99. The second-order valence-electron chi connectivity index (χ2n) is 4.38. The van der Waals surface area contributed by atoms with Crippen molar-refractivity contribution in [2.75, 3.05) is 0 Å². The Kier molecular flexibility index (Phi) is 2.19. The van der Waals surface area contributed by atoms with Crippen LogP contribution in [0.5, 0.6) is 0 Å². The quantitative estimate of drug-likeness (QED) is 0.786. The molecule has 1 heterocycles. The number of hydrogen-bond acceptors (Lipinski definition) is 3. The summed E-state index contributed by atoms with van der Waals surface area (Å²) in [5.74, 6) is 2.36. The fourth-order valence-electron chi connectivity index (χ4n) is 1.94. The molecule has 1 aromatic carbocycles. The molecule has 0 amide bonds. The topological polar surface area (TPSA) is 54.5 Å². The van der Waals surface area contributed by atoms with Crippen LogP contribution in [0.15, 0.2) is 24.3 Å². The van der Waals surface area contributed by atoms with Gasteiger partial charge in [-0.15, -0.1) is 0 Å². The highest BCUT2D eigenvalue weighted by Gasteiger charge is 2.29. The van der Waals surface area contributed by atoms with Crippen molar-refractivity contribution in [3.8, 4) is 17.5 Å². The molecular weight excluding hydrogens is 212 g/mol. The van der Waals surface area contributed by atoms with Crippen LogP contribution in [0.25, 0.3) is 11.4 Å². The molecule has 0 atom stereocenters. The summed E-state index contributed by atoms with van der Waals surface area (Å²) in [6.45, 7) is 0. The van der Waals surface area contributed by atoms with Gasteiger partial charge in [-0.25, -0.2) is 4.98 Å². The van der Waals surface area contributed by atoms with Crippen molar-refractivity contribution in [3.05, 3.63) is 35.7 Å². The van der Waals surface area contributed by atoms with Crippen LogP contribution in [0.1, 0.15) is 30.1 Å². The molecule has 1 saturated carbocycles. The molecule has 17 heavy (non-hydrogen) atoms. The molecule has 84 valence electrons. The summed E-state index contributed by atoms with van der Waals surface area (Å²) < 4.78 is 1.85. The van der Waals surface area contributed by atoms with E-state index in [0.29, 0.717) is 17.3 Å². The van der Waals surface area contributed by atoms with Crippen molar-refractivity contribution in [3.63, 3.8) is 0 Å². The van der Waals surface area contributed by atoms with Crippen LogP contribution in [0.2, 0.25) is 0 Å². The highest BCUT2D eigenvalue weighted by atomic mass is 15.3. The van der Waals surface area contributed by atoms with Crippen molar-refractivity contribution in [2.24, 2.45) is 7.05 Å². The SMILES string of the molecule is Cn1nc(-c2cccc(C#N)c2)nc1C1CC1. The zero-order valence-corrected chi connectivity index (χ0v) is 9.59. The lowest BCUT2D eigenvalue weighted by Gasteiger charge is -1.94. The first-order chi connectivity index (χ1) is 8.28. The molecule has 2 aromatic rings. The predicted octanol–water partition coefficient (Wildman–Crippen LogP) is 2.23. The molecule has 0 unspecified atom stereocenters. The van der Waals surface area contributed by atoms with E-state index in [1.807, 2.05) is 29.9 Å². The van der Waals surface area contributed by atoms with Crippen molar-refractivity contribution in [1.82, 2.24) is 14.8 Å². The Hall–Kier alpha value is -2.15. The normalized spacial score (nSPS) is 14.6. The Morgan fingerprint density at radius 3 is 2.94 bits per heavy atom. The molecule has 0 radical (unpaired) electrons. The maximum absolute atomic E-state index is 8.87. The molecule has 1 aromatic heterocycles. The van der Waals surface area contributed by atoms with Gasteiger partial charge in [-0.3, -0.25) is 4.68 Å². The summed E-state index contributed by atoms with van der Waals surface area (Å²) >= 11 is 0. The van der Waals surface area contributed by atoms with Gasteiger partial charge >= 0.3 is 0 Å². The summed E-state index contributed by atoms with van der Waals surface area (Å²) in [6.07, 6.45) is 2.43. The average molecular weight is 224 g/mol. The number of benzene rings is 1. The molecule has 4 nitrogen and oxygen atoms in total. The molecular formula is C13H12N4. The average Bonchev–Trinajstić information content (AvgIpc) is 3.13. The first kappa shape index (κ1) is 10.0. The molecule has 4 heteroatoms. The zero-order chi connectivity index (χ0) is 11.8. The molecule has 0 saturated heterocycles. The maximum atomic E-state index is 8.87. The number of hydrogen-bond donors (Lipinski definition) is 0. The Morgan fingerprint density at radius 1 is 1.41 bits per heavy atom. The second-order valence-corrected chi connectivity index (χ2v) is 4.38. The van der Waals surface area contributed by atoms with Gasteiger partial charge in [0.2, 0.25) is 0 Å². The Labute approximate surface area is 99.5 Å². The lowest BCUT2D eigenvalue weighted by Crippen LogP contribution is -1.96. The Morgan fingerprint density at radius 2 is 2.24 bits per heavy atom. The van der Waals surface area contributed by atoms with Crippen LogP contribution in [-0.4, -0.2) is 14.8 Å². The molecule has 0 N–H and O–H groups in total. The van der Waals surface area contributed by atoms with E-state index in [-0.39, 0.29) is 0 Å². The smallest absolute Gasteiger partial charge is 0.181 e. The fraction of sp³-hybridized carbons (Fsp3) is 0.308. The first-order valence-electron chi connectivity index (χ1n) is 5.69. The van der Waals surface area contributed by atoms with Crippen LogP contribution in [0.4, 0.5) is 0 Å². The minimum Gasteiger partial charge on any atom is -0.252 e. The first-order valence-corrected chi connectivity index (χ1v) is 5.69. The Balaban J connectivity index is 2.03. The van der Waals surface area contributed by atoms with Gasteiger partial charge in [0.05, 0.1) is 11.6 Å². The van der Waals surface area contributed by atoms with E-state index < -0.39 is 0 Å². The minimum atomic E-state index is 0.584. The summed E-state index contributed by atoms with van der Waals surface area (Å²) in [5.41, 5.74) is 1.55. The van der Waals surface area contributed by atoms with Crippen LogP contribution in [0.3, 0.4) is 0 Å². The lowest BCUT2D eigenvalue weighted by atomic mass is 10.1. The summed E-state index contributed by atoms with van der Waals surface area (Å²) in [4.78, 5) is 4.56. The fourth-order valence-corrected chi connectivity index (χ4v) is 1.94. The molecule has 1 fully saturated rings. The zero-order valence-electron chi connectivity index (χ0n) is 9.59. The Bertz CT molecular complexity index is 602. The minimum absolute atomic E-state index is 0.584. The van der Waals surface area contributed by atoms with Gasteiger partial charge in [0, 0.05) is 18.5 Å². The van der Waals surface area contributed by atoms with Crippen molar-refractivity contribution < 1.29 is 0 Å². The third-order valence-electron chi connectivity index (χ3n) is 2.99. The molecule has 1 aliphatic carbocycles. The van der Waals surface area contributed by atoms with E-state index >= 15 is 0 Å². The number of rotatable bonds is 2. The number of aromatic nitrogens is 3. The van der Waals surface area contributed by atoms with Gasteiger partial charge in [0.25, 0.3) is 0 Å². The van der Waals surface area contributed by atoms with Crippen LogP contribution in [-0.2, 0) is 7.05 Å². The van der Waals surface area contributed by atoms with Gasteiger partial charge < -0.3 is 0 Å². The summed E-state index contributed by atoms with van der Waals surface area (Å²) in [7, 11) is 1.93. The van der Waals surface area contributed by atoms with E-state index in [0.717, 1.165) is 11.4 Å². The van der Waals surface area contributed by atoms with E-state index in [1.54, 1.807) is 6.07 Å². The molecule has 3 rings (SSSR count). The monoisotopic (exact) mass is 224 g/mol. The predicted molar refractivity (Wildman–Crippen MR) is 63.1 cm³/mol. The molecule has 1 aliphatic rings. The van der Waals surface area contributed by atoms with Crippen molar-refractivity contribution >= 4 is 0 Å². The summed E-state index contributed by atoms with van der Waals surface area (Å²) in [6, 6.07) is 9.54. The second kappa shape index (κ2) is 3.70. The van der Waals surface area contributed by atoms with Crippen molar-refractivity contribution in [1.29, 1.82) is 5.26 Å². The highest BCUT2D eigenvalue weighted by Crippen LogP contribution is 2.39. The molecule has 0 spiro atoms. The highest BCUT2D eigenvalue weighted by molar-refractivity contribution is 5.57. The van der Waals surface area contributed by atoms with Crippen LogP contribution in [0, 0.1) is 11.3 Å². The summed E-state index contributed by atoms with van der Waals surface area (Å²) in [5, 5.41) is 13.3. The van der Waals surface area contributed by atoms with Gasteiger partial charge in [-0.1, -0.05) is 12.1 Å². The van der Waals surface area contributed by atoms with Gasteiger partial charge in [0.1, 0.15) is 5.82 Å². The van der Waals surface area contributed by atoms with Crippen molar-refractivity contribution in [2.45, 2.75) is 18.8 Å². The van der Waals surface area contributed by atoms with E-state index in [4.69, 9.17) is 5.26 Å². The van der Waals surface area contributed by atoms with Crippen LogP contribution >= 0.6 is 0 Å². The molecule has 0 bridgehead atoms. The van der Waals surface area contributed by atoms with E-state index in [9.17, 15) is 0 Å². The maximum Gasteiger partial charge on any atom is 0.181 e. The molecule has 0 aliphatic heterocycles. The van der Waals surface area contributed by atoms with Gasteiger partial charge in [-0.2, -0.15) is 10.4 Å². The van der Waals surface area contributed by atoms with Gasteiger partial charge in [-0.05, 0) is 25.0 Å². The van der Waals surface area contributed by atoms with Crippen LogP contribution < -0.4 is 0 Å². The van der Waals surface area contributed by atoms with E-state index in [1.165, 1.54) is 12.8 Å². The standard InChI is InChI=1S/C13H12N4/c1-17-13(10-5-6-10)15-12(16-17)11-4-2-3-9(7-11)8-14/h2-4,7,10H,5-6H2,1H3. The largest absolute Gasteiger partial charge is 0.252 e. The lowest BCUT2D eigenvalue weighted by molar-refractivity contribution is 0.705. The van der Waals surface area contributed by atoms with Gasteiger partial charge in [0.15, 0.2) is 5.82 Å². The number of nitriles is 1. The number of aryl methyl sites for hydroxylation is 1. The van der Waals surface area contributed by atoms with E-state index in [2.05, 4.69) is 16.2 Å². The number of nitrogens with zero attached hydrogens (tertiary/aromatic N) is 4.